The number of aromatic nitrogens is 1. The molecule has 0 spiro atoms. The summed E-state index contributed by atoms with van der Waals surface area (Å²) in [7, 11) is 0. The van der Waals surface area contributed by atoms with E-state index in [1.807, 2.05) is 12.1 Å². The van der Waals surface area contributed by atoms with Gasteiger partial charge in [0.25, 0.3) is 0 Å². The van der Waals surface area contributed by atoms with Gasteiger partial charge in [0.2, 0.25) is 0 Å². The number of amides is 1. The standard InChI is InChI=1S/C21H20BrClN2O5/c1-21(2,3)30-20(27)25-11-13(17-10-14(22)4-9-18(17)25)12-28-24-19(26)29-16-7-5-15(23)6-8-16/h4-11H,12H2,1-3H3,(H,24,26). The van der Waals surface area contributed by atoms with Gasteiger partial charge in [0.15, 0.2) is 0 Å². The number of hydroxylamine groups is 1. The fraction of sp³-hybridized carbons (Fsp3) is 0.238. The van der Waals surface area contributed by atoms with Crippen molar-refractivity contribution in [3.63, 3.8) is 0 Å². The second-order valence-electron chi connectivity index (χ2n) is 7.40. The van der Waals surface area contributed by atoms with Gasteiger partial charge in [-0.2, -0.15) is 5.48 Å². The van der Waals surface area contributed by atoms with Gasteiger partial charge < -0.3 is 9.47 Å². The van der Waals surface area contributed by atoms with Crippen molar-refractivity contribution in [3.05, 3.63) is 63.7 Å². The van der Waals surface area contributed by atoms with E-state index < -0.39 is 17.8 Å². The second-order valence-corrected chi connectivity index (χ2v) is 8.75. The van der Waals surface area contributed by atoms with Gasteiger partial charge in [0, 0.05) is 26.6 Å². The minimum atomic E-state index is -0.783. The molecule has 0 aliphatic rings. The molecular weight excluding hydrogens is 476 g/mol. The highest BCUT2D eigenvalue weighted by Gasteiger charge is 2.21. The summed E-state index contributed by atoms with van der Waals surface area (Å²) in [4.78, 5) is 29.8. The van der Waals surface area contributed by atoms with Crippen molar-refractivity contribution in [2.24, 2.45) is 0 Å². The first-order chi connectivity index (χ1) is 14.1. The van der Waals surface area contributed by atoms with E-state index in [1.165, 1.54) is 4.57 Å². The normalized spacial score (nSPS) is 11.4. The van der Waals surface area contributed by atoms with E-state index in [4.69, 9.17) is 25.9 Å². The molecule has 3 aromatic rings. The van der Waals surface area contributed by atoms with Crippen molar-refractivity contribution < 1.29 is 23.9 Å². The van der Waals surface area contributed by atoms with Crippen LogP contribution >= 0.6 is 27.5 Å². The molecule has 0 aliphatic heterocycles. The number of hydrogen-bond donors (Lipinski definition) is 1. The third-order valence-electron chi connectivity index (χ3n) is 3.85. The van der Waals surface area contributed by atoms with Gasteiger partial charge in [0.05, 0.1) is 5.52 Å². The molecule has 0 saturated carbocycles. The fourth-order valence-corrected chi connectivity index (χ4v) is 3.14. The molecule has 30 heavy (non-hydrogen) atoms. The zero-order valence-electron chi connectivity index (χ0n) is 16.6. The molecule has 3 rings (SSSR count). The molecule has 158 valence electrons. The van der Waals surface area contributed by atoms with Crippen LogP contribution in [-0.2, 0) is 16.2 Å². The summed E-state index contributed by atoms with van der Waals surface area (Å²) >= 11 is 9.23. The Labute approximate surface area is 186 Å². The van der Waals surface area contributed by atoms with E-state index in [0.29, 0.717) is 21.9 Å². The molecule has 0 saturated heterocycles. The summed E-state index contributed by atoms with van der Waals surface area (Å²) in [5.74, 6) is 0.325. The molecule has 0 atom stereocenters. The van der Waals surface area contributed by atoms with Crippen LogP contribution in [0.3, 0.4) is 0 Å². The van der Waals surface area contributed by atoms with E-state index in [-0.39, 0.29) is 6.61 Å². The number of hydrogen-bond acceptors (Lipinski definition) is 5. The van der Waals surface area contributed by atoms with Crippen molar-refractivity contribution in [3.8, 4) is 5.75 Å². The van der Waals surface area contributed by atoms with Gasteiger partial charge in [-0.1, -0.05) is 27.5 Å². The van der Waals surface area contributed by atoms with Crippen molar-refractivity contribution >= 4 is 50.6 Å². The predicted molar refractivity (Wildman–Crippen MR) is 117 cm³/mol. The number of benzene rings is 2. The molecule has 1 heterocycles. The Balaban J connectivity index is 1.70. The molecule has 0 aliphatic carbocycles. The molecule has 1 N–H and O–H groups in total. The maximum Gasteiger partial charge on any atom is 0.436 e. The average molecular weight is 496 g/mol. The first-order valence-corrected chi connectivity index (χ1v) is 10.2. The Kier molecular flexibility index (Phi) is 6.70. The number of carbonyl (C=O) groups is 2. The van der Waals surface area contributed by atoms with Crippen LogP contribution in [0.15, 0.2) is 53.1 Å². The van der Waals surface area contributed by atoms with Gasteiger partial charge in [-0.3, -0.25) is 9.40 Å². The van der Waals surface area contributed by atoms with Crippen LogP contribution in [0.4, 0.5) is 9.59 Å². The molecule has 1 aromatic heterocycles. The fourth-order valence-electron chi connectivity index (χ4n) is 2.65. The number of ether oxygens (including phenoxy) is 2. The first kappa shape index (κ1) is 22.1. The zero-order valence-corrected chi connectivity index (χ0v) is 18.9. The lowest BCUT2D eigenvalue weighted by Crippen LogP contribution is -2.27. The van der Waals surface area contributed by atoms with Crippen LogP contribution in [-0.4, -0.2) is 22.4 Å². The van der Waals surface area contributed by atoms with Crippen LogP contribution in [0, 0.1) is 0 Å². The zero-order chi connectivity index (χ0) is 21.9. The highest BCUT2D eigenvalue weighted by Crippen LogP contribution is 2.27. The van der Waals surface area contributed by atoms with E-state index in [2.05, 4.69) is 21.4 Å². The largest absolute Gasteiger partial charge is 0.443 e. The Morgan fingerprint density at radius 2 is 1.83 bits per heavy atom. The van der Waals surface area contributed by atoms with Gasteiger partial charge in [-0.15, -0.1) is 0 Å². The lowest BCUT2D eigenvalue weighted by molar-refractivity contribution is 0.0345. The number of nitrogens with zero attached hydrogens (tertiary/aromatic N) is 1. The summed E-state index contributed by atoms with van der Waals surface area (Å²) in [6.45, 7) is 5.41. The summed E-state index contributed by atoms with van der Waals surface area (Å²) in [5.41, 5.74) is 2.93. The van der Waals surface area contributed by atoms with Crippen molar-refractivity contribution in [1.29, 1.82) is 0 Å². The number of fused-ring (bicyclic) bond motifs is 1. The van der Waals surface area contributed by atoms with E-state index in [0.717, 1.165) is 9.86 Å². The Bertz CT molecular complexity index is 1070. The second kappa shape index (κ2) is 9.07. The molecule has 0 radical (unpaired) electrons. The summed E-state index contributed by atoms with van der Waals surface area (Å²) in [5, 5.41) is 1.31. The van der Waals surface area contributed by atoms with Gasteiger partial charge in [-0.05, 0) is 63.2 Å². The van der Waals surface area contributed by atoms with Crippen LogP contribution in [0.1, 0.15) is 26.3 Å². The first-order valence-electron chi connectivity index (χ1n) is 9.00. The molecular formula is C21H20BrClN2O5. The van der Waals surface area contributed by atoms with Crippen molar-refractivity contribution in [2.45, 2.75) is 33.0 Å². The third kappa shape index (κ3) is 5.75. The number of rotatable bonds is 4. The lowest BCUT2D eigenvalue weighted by atomic mass is 10.2. The SMILES string of the molecule is CC(C)(C)OC(=O)n1cc(CONC(=O)Oc2ccc(Cl)cc2)c2cc(Br)ccc21. The van der Waals surface area contributed by atoms with Crippen LogP contribution in [0.25, 0.3) is 10.9 Å². The summed E-state index contributed by atoms with van der Waals surface area (Å²) in [6.07, 6.45) is 0.336. The lowest BCUT2D eigenvalue weighted by Gasteiger charge is -2.19. The Morgan fingerprint density at radius 1 is 1.13 bits per heavy atom. The van der Waals surface area contributed by atoms with Crippen molar-refractivity contribution in [2.75, 3.05) is 0 Å². The number of carbonyl (C=O) groups excluding carboxylic acids is 2. The van der Waals surface area contributed by atoms with Crippen molar-refractivity contribution in [1.82, 2.24) is 10.0 Å². The van der Waals surface area contributed by atoms with Crippen LogP contribution in [0.2, 0.25) is 5.02 Å². The van der Waals surface area contributed by atoms with Crippen LogP contribution < -0.4 is 10.2 Å². The highest BCUT2D eigenvalue weighted by atomic mass is 79.9. The quantitative estimate of drug-likeness (QED) is 0.445. The molecule has 0 unspecified atom stereocenters. The molecule has 1 amide bonds. The number of halogens is 2. The maximum atomic E-state index is 12.6. The molecule has 0 bridgehead atoms. The summed E-state index contributed by atoms with van der Waals surface area (Å²) < 4.78 is 12.8. The van der Waals surface area contributed by atoms with Gasteiger partial charge in [0.1, 0.15) is 18.0 Å². The Hall–Kier alpha value is -2.55. The Morgan fingerprint density at radius 3 is 2.50 bits per heavy atom. The van der Waals surface area contributed by atoms with Crippen LogP contribution in [0.5, 0.6) is 5.75 Å². The molecule has 0 fully saturated rings. The minimum absolute atomic E-state index is 0.0124. The van der Waals surface area contributed by atoms with E-state index in [1.54, 1.807) is 57.3 Å². The molecule has 7 nitrogen and oxygen atoms in total. The van der Waals surface area contributed by atoms with E-state index >= 15 is 0 Å². The molecule has 9 heteroatoms. The predicted octanol–water partition coefficient (Wildman–Crippen LogP) is 6.06. The average Bonchev–Trinajstić information content (AvgIpc) is 3.00. The maximum absolute atomic E-state index is 12.6. The highest BCUT2D eigenvalue weighted by molar-refractivity contribution is 9.10. The minimum Gasteiger partial charge on any atom is -0.443 e. The van der Waals surface area contributed by atoms with Gasteiger partial charge in [-0.25, -0.2) is 9.59 Å². The number of nitrogens with one attached hydrogen (secondary N) is 1. The van der Waals surface area contributed by atoms with Gasteiger partial charge >= 0.3 is 12.2 Å². The molecule has 2 aromatic carbocycles. The topological polar surface area (TPSA) is 78.8 Å². The monoisotopic (exact) mass is 494 g/mol. The van der Waals surface area contributed by atoms with E-state index in [9.17, 15) is 9.59 Å². The smallest absolute Gasteiger partial charge is 0.436 e. The third-order valence-corrected chi connectivity index (χ3v) is 4.59. The summed E-state index contributed by atoms with van der Waals surface area (Å²) in [6, 6.07) is 11.8.